The summed E-state index contributed by atoms with van der Waals surface area (Å²) in [6, 6.07) is 5.76. The van der Waals surface area contributed by atoms with Crippen LogP contribution in [-0.2, 0) is 16.6 Å². The maximum Gasteiger partial charge on any atom is 0.228 e. The highest BCUT2D eigenvalue weighted by atomic mass is 19.1. The molecule has 31 heavy (non-hydrogen) atoms. The van der Waals surface area contributed by atoms with E-state index in [0.717, 1.165) is 0 Å². The summed E-state index contributed by atoms with van der Waals surface area (Å²) in [5.41, 5.74) is 1.92. The Hall–Kier alpha value is -3.63. The normalized spacial score (nSPS) is 19.5. The monoisotopic (exact) mass is 424 g/mol. The van der Waals surface area contributed by atoms with E-state index < -0.39 is 5.92 Å². The Morgan fingerprint density at radius 3 is 2.58 bits per heavy atom. The molecule has 10 nitrogen and oxygen atoms in total. The summed E-state index contributed by atoms with van der Waals surface area (Å²) in [7, 11) is 1.78. The van der Waals surface area contributed by atoms with Crippen LogP contribution in [0.4, 0.5) is 15.9 Å². The van der Waals surface area contributed by atoms with E-state index in [9.17, 15) is 14.0 Å². The number of rotatable bonds is 3. The van der Waals surface area contributed by atoms with Crippen LogP contribution in [0.15, 0.2) is 30.6 Å². The molecule has 1 aromatic carbocycles. The lowest BCUT2D eigenvalue weighted by Crippen LogP contribution is -2.51. The second-order valence-electron chi connectivity index (χ2n) is 7.78. The molecule has 0 bridgehead atoms. The second kappa shape index (κ2) is 7.56. The number of carbonyl (C=O) groups excluding carboxylic acids is 2. The first-order chi connectivity index (χ1) is 15.0. The van der Waals surface area contributed by atoms with Crippen molar-refractivity contribution in [3.63, 3.8) is 0 Å². The number of benzene rings is 1. The maximum absolute atomic E-state index is 13.2. The molecule has 4 heterocycles. The highest BCUT2D eigenvalue weighted by Crippen LogP contribution is 2.27. The third-order valence-corrected chi connectivity index (χ3v) is 5.87. The van der Waals surface area contributed by atoms with Crippen molar-refractivity contribution in [1.29, 1.82) is 0 Å². The molecule has 2 fully saturated rings. The standard InChI is InChI=1S/C20H21FN8O2/c1-26-18-17(24-25-26)19(23-12-22-18)27-6-8-28(9-7-27)20(31)13-10-16(30)29(11-13)15-4-2-14(21)3-5-15/h2-5,12-13H,6-11H2,1H3. The van der Waals surface area contributed by atoms with Gasteiger partial charge in [0.25, 0.3) is 0 Å². The fourth-order valence-corrected chi connectivity index (χ4v) is 4.21. The van der Waals surface area contributed by atoms with Gasteiger partial charge in [-0.2, -0.15) is 0 Å². The van der Waals surface area contributed by atoms with Gasteiger partial charge in [-0.1, -0.05) is 5.21 Å². The average Bonchev–Trinajstić information content (AvgIpc) is 3.37. The summed E-state index contributed by atoms with van der Waals surface area (Å²) in [4.78, 5) is 39.5. The lowest BCUT2D eigenvalue weighted by molar-refractivity contribution is -0.136. The predicted molar refractivity (Wildman–Crippen MR) is 110 cm³/mol. The van der Waals surface area contributed by atoms with Crippen LogP contribution < -0.4 is 9.80 Å². The molecule has 0 saturated carbocycles. The summed E-state index contributed by atoms with van der Waals surface area (Å²) >= 11 is 0. The van der Waals surface area contributed by atoms with Gasteiger partial charge < -0.3 is 14.7 Å². The van der Waals surface area contributed by atoms with Gasteiger partial charge in [0, 0.05) is 51.9 Å². The molecule has 1 atom stereocenters. The van der Waals surface area contributed by atoms with Crippen molar-refractivity contribution in [1.82, 2.24) is 29.9 Å². The van der Waals surface area contributed by atoms with Gasteiger partial charge in [-0.05, 0) is 24.3 Å². The van der Waals surface area contributed by atoms with Crippen LogP contribution in [0.1, 0.15) is 6.42 Å². The third kappa shape index (κ3) is 3.45. The Bertz CT molecular complexity index is 1140. The van der Waals surface area contributed by atoms with Crippen LogP contribution in [0.25, 0.3) is 11.2 Å². The number of fused-ring (bicyclic) bond motifs is 1. The highest BCUT2D eigenvalue weighted by molar-refractivity contribution is 6.00. The number of carbonyl (C=O) groups is 2. The SMILES string of the molecule is Cn1nnc2c(N3CCN(C(=O)C4CC(=O)N(c5ccc(F)cc5)C4)CC3)ncnc21. The maximum atomic E-state index is 13.2. The second-order valence-corrected chi connectivity index (χ2v) is 7.78. The van der Waals surface area contributed by atoms with Crippen LogP contribution in [0.5, 0.6) is 0 Å². The van der Waals surface area contributed by atoms with Crippen molar-refractivity contribution >= 4 is 34.5 Å². The molecular formula is C20H21FN8O2. The van der Waals surface area contributed by atoms with Crippen molar-refractivity contribution in [3.8, 4) is 0 Å². The van der Waals surface area contributed by atoms with Gasteiger partial charge >= 0.3 is 0 Å². The first-order valence-electron chi connectivity index (χ1n) is 10.1. The number of anilines is 2. The van der Waals surface area contributed by atoms with Crippen LogP contribution in [0.3, 0.4) is 0 Å². The Balaban J connectivity index is 1.24. The third-order valence-electron chi connectivity index (χ3n) is 5.87. The van der Waals surface area contributed by atoms with E-state index in [4.69, 9.17) is 0 Å². The number of halogens is 1. The lowest BCUT2D eigenvalue weighted by atomic mass is 10.1. The molecule has 2 aromatic heterocycles. The summed E-state index contributed by atoms with van der Waals surface area (Å²) in [5.74, 6) is -0.179. The van der Waals surface area contributed by atoms with Crippen molar-refractivity contribution in [2.75, 3.05) is 42.5 Å². The molecule has 0 spiro atoms. The van der Waals surface area contributed by atoms with Crippen LogP contribution in [-0.4, -0.2) is 74.4 Å². The number of nitrogens with zero attached hydrogens (tertiary/aromatic N) is 8. The molecule has 160 valence electrons. The lowest BCUT2D eigenvalue weighted by Gasteiger charge is -2.36. The minimum Gasteiger partial charge on any atom is -0.351 e. The summed E-state index contributed by atoms with van der Waals surface area (Å²) < 4.78 is 14.8. The molecule has 1 unspecified atom stereocenters. The summed E-state index contributed by atoms with van der Waals surface area (Å²) in [6.45, 7) is 2.60. The molecular weight excluding hydrogens is 403 g/mol. The Morgan fingerprint density at radius 2 is 1.84 bits per heavy atom. The molecule has 2 saturated heterocycles. The predicted octanol–water partition coefficient (Wildman–Crippen LogP) is 0.599. The number of hydrogen-bond acceptors (Lipinski definition) is 7. The van der Waals surface area contributed by atoms with Gasteiger partial charge in [0.15, 0.2) is 17.0 Å². The first kappa shape index (κ1) is 19.3. The van der Waals surface area contributed by atoms with Gasteiger partial charge in [-0.15, -0.1) is 5.10 Å². The number of aromatic nitrogens is 5. The zero-order chi connectivity index (χ0) is 21.5. The average molecular weight is 424 g/mol. The minimum absolute atomic E-state index is 0.0232. The van der Waals surface area contributed by atoms with E-state index in [-0.39, 0.29) is 24.1 Å². The van der Waals surface area contributed by atoms with E-state index in [0.29, 0.717) is 55.4 Å². The van der Waals surface area contributed by atoms with E-state index in [1.807, 2.05) is 0 Å². The highest BCUT2D eigenvalue weighted by Gasteiger charge is 2.38. The Morgan fingerprint density at radius 1 is 1.10 bits per heavy atom. The quantitative estimate of drug-likeness (QED) is 0.607. The molecule has 2 aliphatic heterocycles. The van der Waals surface area contributed by atoms with Gasteiger partial charge in [-0.25, -0.2) is 19.0 Å². The molecule has 0 radical (unpaired) electrons. The molecule has 2 amide bonds. The Labute approximate surface area is 177 Å². The molecule has 3 aromatic rings. The van der Waals surface area contributed by atoms with E-state index in [2.05, 4.69) is 25.2 Å². The van der Waals surface area contributed by atoms with Gasteiger partial charge in [0.1, 0.15) is 12.1 Å². The largest absolute Gasteiger partial charge is 0.351 e. The zero-order valence-corrected chi connectivity index (χ0v) is 17.0. The molecule has 5 rings (SSSR count). The summed E-state index contributed by atoms with van der Waals surface area (Å²) in [6.07, 6.45) is 1.66. The number of hydrogen-bond donors (Lipinski definition) is 0. The van der Waals surface area contributed by atoms with Crippen LogP contribution in [0, 0.1) is 11.7 Å². The van der Waals surface area contributed by atoms with Crippen molar-refractivity contribution in [2.24, 2.45) is 13.0 Å². The number of amides is 2. The molecule has 0 aliphatic carbocycles. The van der Waals surface area contributed by atoms with Crippen molar-refractivity contribution in [3.05, 3.63) is 36.4 Å². The van der Waals surface area contributed by atoms with E-state index in [1.165, 1.54) is 18.5 Å². The molecule has 0 N–H and O–H groups in total. The zero-order valence-electron chi connectivity index (χ0n) is 17.0. The topological polar surface area (TPSA) is 100 Å². The van der Waals surface area contributed by atoms with E-state index >= 15 is 0 Å². The van der Waals surface area contributed by atoms with Crippen molar-refractivity contribution < 1.29 is 14.0 Å². The molecule has 11 heteroatoms. The van der Waals surface area contributed by atoms with Crippen LogP contribution in [0.2, 0.25) is 0 Å². The fraction of sp³-hybridized carbons (Fsp3) is 0.400. The van der Waals surface area contributed by atoms with Crippen LogP contribution >= 0.6 is 0 Å². The van der Waals surface area contributed by atoms with E-state index in [1.54, 1.807) is 33.7 Å². The van der Waals surface area contributed by atoms with Gasteiger partial charge in [-0.3, -0.25) is 9.59 Å². The first-order valence-corrected chi connectivity index (χ1v) is 10.1. The van der Waals surface area contributed by atoms with Gasteiger partial charge in [0.05, 0.1) is 5.92 Å². The Kier molecular flexibility index (Phi) is 4.72. The van der Waals surface area contributed by atoms with Gasteiger partial charge in [0.2, 0.25) is 11.8 Å². The number of aryl methyl sites for hydroxylation is 1. The number of piperazine rings is 1. The fourth-order valence-electron chi connectivity index (χ4n) is 4.21. The van der Waals surface area contributed by atoms with Crippen molar-refractivity contribution in [2.45, 2.75) is 6.42 Å². The molecule has 2 aliphatic rings. The smallest absolute Gasteiger partial charge is 0.228 e. The summed E-state index contributed by atoms with van der Waals surface area (Å²) in [5, 5.41) is 8.17. The minimum atomic E-state index is -0.394.